The van der Waals surface area contributed by atoms with E-state index < -0.39 is 18.0 Å². The molecule has 3 aromatic carbocycles. The third-order valence-corrected chi connectivity index (χ3v) is 6.99. The van der Waals surface area contributed by atoms with Gasteiger partial charge < -0.3 is 14.6 Å². The van der Waals surface area contributed by atoms with Gasteiger partial charge in [-0.15, -0.1) is 0 Å². The summed E-state index contributed by atoms with van der Waals surface area (Å²) in [5.41, 5.74) is 2.76. The van der Waals surface area contributed by atoms with Crippen LogP contribution < -0.4 is 9.47 Å². The van der Waals surface area contributed by atoms with Crippen LogP contribution in [0.25, 0.3) is 11.1 Å². The standard InChI is InChI=1S/C32H36F2O4/c1-32(2,3)18-30(34)28-16-24(10-12-25(28)27-15-23(37-4)11-13-29(27)33)38-19-20-6-5-7-22(14-20)26(17-31(35)36)21-8-9-21/h5-7,10-16,21,26,30H,8-9,17-19H2,1-4H3,(H,35,36). The smallest absolute Gasteiger partial charge is 0.303 e. The number of halogens is 2. The first-order valence-corrected chi connectivity index (χ1v) is 13.1. The van der Waals surface area contributed by atoms with Crippen molar-refractivity contribution in [2.45, 2.75) is 65.2 Å². The van der Waals surface area contributed by atoms with Crippen LogP contribution in [0.4, 0.5) is 8.78 Å². The second-order valence-electron chi connectivity index (χ2n) is 11.4. The third-order valence-electron chi connectivity index (χ3n) is 6.99. The zero-order valence-electron chi connectivity index (χ0n) is 22.5. The largest absolute Gasteiger partial charge is 0.497 e. The monoisotopic (exact) mass is 522 g/mol. The van der Waals surface area contributed by atoms with Crippen molar-refractivity contribution >= 4 is 5.97 Å². The number of hydrogen-bond acceptors (Lipinski definition) is 3. The number of rotatable bonds is 11. The molecule has 2 atom stereocenters. The third kappa shape index (κ3) is 7.12. The number of hydrogen-bond donors (Lipinski definition) is 1. The first-order valence-electron chi connectivity index (χ1n) is 13.1. The topological polar surface area (TPSA) is 55.8 Å². The van der Waals surface area contributed by atoms with Gasteiger partial charge in [0.2, 0.25) is 0 Å². The van der Waals surface area contributed by atoms with Gasteiger partial charge in [0, 0.05) is 5.56 Å². The molecule has 0 radical (unpaired) electrons. The normalized spacial score (nSPS) is 15.1. The summed E-state index contributed by atoms with van der Waals surface area (Å²) in [6, 6.07) is 17.4. The summed E-state index contributed by atoms with van der Waals surface area (Å²) in [7, 11) is 1.51. The van der Waals surface area contributed by atoms with Gasteiger partial charge in [-0.2, -0.15) is 0 Å². The molecule has 0 aliphatic heterocycles. The highest BCUT2D eigenvalue weighted by molar-refractivity contribution is 5.71. The van der Waals surface area contributed by atoms with Crippen LogP contribution in [0, 0.1) is 17.2 Å². The quantitative estimate of drug-likeness (QED) is 0.274. The van der Waals surface area contributed by atoms with Gasteiger partial charge in [0.15, 0.2) is 0 Å². The Hall–Kier alpha value is -3.41. The number of carboxylic acids is 1. The van der Waals surface area contributed by atoms with Crippen molar-refractivity contribution < 1.29 is 28.2 Å². The SMILES string of the molecule is COc1ccc(F)c(-c2ccc(OCc3cccc(C(CC(=O)O)C4CC4)c3)cc2C(F)CC(C)(C)C)c1. The lowest BCUT2D eigenvalue weighted by Gasteiger charge is -2.23. The number of carbonyl (C=O) groups is 1. The van der Waals surface area contributed by atoms with Crippen LogP contribution in [0.5, 0.6) is 11.5 Å². The molecule has 38 heavy (non-hydrogen) atoms. The molecule has 0 aromatic heterocycles. The number of ether oxygens (including phenoxy) is 2. The number of aliphatic carboxylic acids is 1. The van der Waals surface area contributed by atoms with E-state index in [1.165, 1.54) is 19.2 Å². The highest BCUT2D eigenvalue weighted by Crippen LogP contribution is 2.45. The van der Waals surface area contributed by atoms with Gasteiger partial charge in [0.1, 0.15) is 30.1 Å². The van der Waals surface area contributed by atoms with Gasteiger partial charge >= 0.3 is 5.97 Å². The maximum atomic E-state index is 15.7. The summed E-state index contributed by atoms with van der Waals surface area (Å²) in [6.45, 7) is 6.16. The summed E-state index contributed by atoms with van der Waals surface area (Å²) < 4.78 is 41.9. The molecule has 1 aliphatic carbocycles. The molecule has 0 amide bonds. The van der Waals surface area contributed by atoms with Gasteiger partial charge in [0.25, 0.3) is 0 Å². The van der Waals surface area contributed by atoms with Crippen LogP contribution in [0.15, 0.2) is 60.7 Å². The number of benzene rings is 3. The van der Waals surface area contributed by atoms with E-state index in [-0.39, 0.29) is 36.3 Å². The minimum Gasteiger partial charge on any atom is -0.497 e. The lowest BCUT2D eigenvalue weighted by atomic mass is 9.85. The predicted octanol–water partition coefficient (Wildman–Crippen LogP) is 8.50. The Bertz CT molecular complexity index is 1280. The van der Waals surface area contributed by atoms with Crippen LogP contribution in [0.1, 0.15) is 75.2 Å². The van der Waals surface area contributed by atoms with Crippen LogP contribution >= 0.6 is 0 Å². The Morgan fingerprint density at radius 3 is 2.42 bits per heavy atom. The highest BCUT2D eigenvalue weighted by atomic mass is 19.1. The van der Waals surface area contributed by atoms with E-state index in [1.54, 1.807) is 24.3 Å². The number of carboxylic acid groups (broad SMARTS) is 1. The molecule has 0 saturated heterocycles. The average Bonchev–Trinajstić information content (AvgIpc) is 3.71. The minimum atomic E-state index is -1.32. The van der Waals surface area contributed by atoms with Crippen molar-refractivity contribution in [2.75, 3.05) is 7.11 Å². The zero-order chi connectivity index (χ0) is 27.4. The maximum Gasteiger partial charge on any atom is 0.303 e. The molecule has 4 nitrogen and oxygen atoms in total. The first-order chi connectivity index (χ1) is 18.0. The molecule has 1 aliphatic rings. The molecule has 3 aromatic rings. The van der Waals surface area contributed by atoms with Gasteiger partial charge in [-0.25, -0.2) is 8.78 Å². The van der Waals surface area contributed by atoms with E-state index in [0.717, 1.165) is 24.0 Å². The number of methoxy groups -OCH3 is 1. The van der Waals surface area contributed by atoms with Gasteiger partial charge in [-0.3, -0.25) is 4.79 Å². The Morgan fingerprint density at radius 2 is 1.76 bits per heavy atom. The fourth-order valence-electron chi connectivity index (χ4n) is 4.94. The molecule has 0 bridgehead atoms. The Kier molecular flexibility index (Phi) is 8.39. The first kappa shape index (κ1) is 27.6. The van der Waals surface area contributed by atoms with Crippen molar-refractivity contribution in [3.63, 3.8) is 0 Å². The average molecular weight is 523 g/mol. The number of alkyl halides is 1. The molecule has 0 heterocycles. The maximum absolute atomic E-state index is 15.7. The van der Waals surface area contributed by atoms with Crippen LogP contribution in [0.3, 0.4) is 0 Å². The molecule has 2 unspecified atom stereocenters. The van der Waals surface area contributed by atoms with Crippen molar-refractivity contribution in [1.29, 1.82) is 0 Å². The lowest BCUT2D eigenvalue weighted by molar-refractivity contribution is -0.137. The van der Waals surface area contributed by atoms with E-state index in [1.807, 2.05) is 45.0 Å². The fourth-order valence-corrected chi connectivity index (χ4v) is 4.94. The molecule has 1 fully saturated rings. The summed E-state index contributed by atoms with van der Waals surface area (Å²) >= 11 is 0. The Morgan fingerprint density at radius 1 is 1.03 bits per heavy atom. The second kappa shape index (κ2) is 11.5. The van der Waals surface area contributed by atoms with Gasteiger partial charge in [-0.1, -0.05) is 51.1 Å². The predicted molar refractivity (Wildman–Crippen MR) is 145 cm³/mol. The molecule has 1 saturated carbocycles. The molecular weight excluding hydrogens is 486 g/mol. The summed E-state index contributed by atoms with van der Waals surface area (Å²) in [5, 5.41) is 9.35. The van der Waals surface area contributed by atoms with E-state index in [9.17, 15) is 14.3 Å². The summed E-state index contributed by atoms with van der Waals surface area (Å²) in [6.07, 6.45) is 1.18. The fraction of sp³-hybridized carbons (Fsp3) is 0.406. The van der Waals surface area contributed by atoms with Crippen molar-refractivity contribution in [2.24, 2.45) is 11.3 Å². The Balaban J connectivity index is 1.60. The minimum absolute atomic E-state index is 0.000732. The van der Waals surface area contributed by atoms with Crippen LogP contribution in [-0.2, 0) is 11.4 Å². The van der Waals surface area contributed by atoms with Gasteiger partial charge in [0.05, 0.1) is 13.5 Å². The molecule has 0 spiro atoms. The highest BCUT2D eigenvalue weighted by Gasteiger charge is 2.33. The Labute approximate surface area is 223 Å². The van der Waals surface area contributed by atoms with Crippen LogP contribution in [0.2, 0.25) is 0 Å². The molecular formula is C32H36F2O4. The summed E-state index contributed by atoms with van der Waals surface area (Å²) in [4.78, 5) is 11.4. The van der Waals surface area contributed by atoms with E-state index in [0.29, 0.717) is 28.5 Å². The zero-order valence-corrected chi connectivity index (χ0v) is 22.5. The van der Waals surface area contributed by atoms with E-state index in [2.05, 4.69) is 0 Å². The summed E-state index contributed by atoms with van der Waals surface area (Å²) in [5.74, 6) is 0.149. The molecule has 6 heteroatoms. The van der Waals surface area contributed by atoms with Crippen molar-refractivity contribution in [1.82, 2.24) is 0 Å². The van der Waals surface area contributed by atoms with Gasteiger partial charge in [-0.05, 0) is 89.1 Å². The molecule has 202 valence electrons. The lowest BCUT2D eigenvalue weighted by Crippen LogP contribution is -2.10. The van der Waals surface area contributed by atoms with E-state index >= 15 is 4.39 Å². The second-order valence-corrected chi connectivity index (χ2v) is 11.4. The molecule has 1 N–H and O–H groups in total. The molecule has 4 rings (SSSR count). The van der Waals surface area contributed by atoms with E-state index in [4.69, 9.17) is 9.47 Å². The van der Waals surface area contributed by atoms with Crippen LogP contribution in [-0.4, -0.2) is 18.2 Å². The van der Waals surface area contributed by atoms with Crippen molar-refractivity contribution in [3.05, 3.63) is 83.2 Å². The van der Waals surface area contributed by atoms with Crippen molar-refractivity contribution in [3.8, 4) is 22.6 Å².